The van der Waals surface area contributed by atoms with Gasteiger partial charge >= 0.3 is 5.97 Å². The molecule has 4 N–H and O–H groups in total. The summed E-state index contributed by atoms with van der Waals surface area (Å²) in [5.74, 6) is -1.64. The van der Waals surface area contributed by atoms with Crippen LogP contribution in [0.25, 0.3) is 10.2 Å². The summed E-state index contributed by atoms with van der Waals surface area (Å²) in [6, 6.07) is 6.69. The molecule has 0 spiro atoms. The van der Waals surface area contributed by atoms with Crippen molar-refractivity contribution in [1.29, 1.82) is 0 Å². The van der Waals surface area contributed by atoms with Crippen LogP contribution in [-0.4, -0.2) is 27.6 Å². The average molecular weight is 375 g/mol. The molecule has 0 amide bonds. The number of hydrogen-bond acceptors (Lipinski definition) is 5. The van der Waals surface area contributed by atoms with Gasteiger partial charge in [-0.25, -0.2) is 14.2 Å². The van der Waals surface area contributed by atoms with Gasteiger partial charge in [0.2, 0.25) is 5.82 Å². The Labute approximate surface area is 152 Å². The van der Waals surface area contributed by atoms with E-state index in [1.165, 1.54) is 22.3 Å². The van der Waals surface area contributed by atoms with E-state index in [9.17, 15) is 14.0 Å². The van der Waals surface area contributed by atoms with Gasteiger partial charge in [0.1, 0.15) is 10.6 Å². The van der Waals surface area contributed by atoms with E-state index in [0.717, 1.165) is 24.8 Å². The molecule has 26 heavy (non-hydrogen) atoms. The van der Waals surface area contributed by atoms with E-state index in [0.29, 0.717) is 28.7 Å². The van der Waals surface area contributed by atoms with E-state index in [4.69, 9.17) is 10.8 Å². The van der Waals surface area contributed by atoms with E-state index in [1.807, 2.05) is 6.07 Å². The summed E-state index contributed by atoms with van der Waals surface area (Å²) in [6.07, 6.45) is 3.55. The Balaban J connectivity index is 0.000000170. The van der Waals surface area contributed by atoms with Gasteiger partial charge in [-0.3, -0.25) is 4.79 Å². The highest BCUT2D eigenvalue weighted by molar-refractivity contribution is 7.18. The second-order valence-corrected chi connectivity index (χ2v) is 6.97. The topological polar surface area (TPSA) is 109 Å². The zero-order chi connectivity index (χ0) is 18.7. The van der Waals surface area contributed by atoms with Gasteiger partial charge in [-0.2, -0.15) is 0 Å². The van der Waals surface area contributed by atoms with Gasteiger partial charge in [-0.05, 0) is 49.4 Å². The van der Waals surface area contributed by atoms with Crippen molar-refractivity contribution in [2.24, 2.45) is 5.73 Å². The molecule has 2 aromatic heterocycles. The second-order valence-electron chi connectivity index (χ2n) is 5.89. The van der Waals surface area contributed by atoms with E-state index in [-0.39, 0.29) is 17.2 Å². The van der Waals surface area contributed by atoms with Crippen LogP contribution in [0.1, 0.15) is 33.0 Å². The molecule has 0 fully saturated rings. The first-order valence-corrected chi connectivity index (χ1v) is 9.04. The molecule has 8 heteroatoms. The monoisotopic (exact) mass is 375 g/mol. The van der Waals surface area contributed by atoms with Crippen molar-refractivity contribution in [3.63, 3.8) is 0 Å². The molecule has 1 aromatic carbocycles. The number of rotatable bonds is 3. The van der Waals surface area contributed by atoms with Crippen LogP contribution in [0.5, 0.6) is 0 Å². The molecule has 1 aliphatic rings. The third-order valence-electron chi connectivity index (χ3n) is 4.15. The van der Waals surface area contributed by atoms with Crippen LogP contribution in [-0.2, 0) is 19.3 Å². The van der Waals surface area contributed by atoms with Gasteiger partial charge in [0.05, 0.1) is 5.39 Å². The maximum atomic E-state index is 12.7. The van der Waals surface area contributed by atoms with Crippen LogP contribution in [0.3, 0.4) is 0 Å². The maximum Gasteiger partial charge on any atom is 0.372 e. The molecular formula is C18H18FN3O3S. The highest BCUT2D eigenvalue weighted by Gasteiger charge is 2.22. The van der Waals surface area contributed by atoms with E-state index >= 15 is 0 Å². The number of carboxylic acids is 1. The number of H-pyrrole nitrogens is 1. The lowest BCUT2D eigenvalue weighted by Crippen LogP contribution is -2.15. The van der Waals surface area contributed by atoms with E-state index in [1.54, 1.807) is 12.1 Å². The summed E-state index contributed by atoms with van der Waals surface area (Å²) < 4.78 is 12.7. The number of thiophene rings is 1. The van der Waals surface area contributed by atoms with Crippen molar-refractivity contribution in [2.75, 3.05) is 6.54 Å². The van der Waals surface area contributed by atoms with E-state index < -0.39 is 5.97 Å². The lowest BCUT2D eigenvalue weighted by atomic mass is 10.1. The zero-order valence-corrected chi connectivity index (χ0v) is 14.7. The number of aromatic amines is 1. The number of nitrogens with one attached hydrogen (secondary N) is 1. The Morgan fingerprint density at radius 2 is 2.12 bits per heavy atom. The Morgan fingerprint density at radius 1 is 1.35 bits per heavy atom. The average Bonchev–Trinajstić information content (AvgIpc) is 3.18. The molecule has 0 aliphatic heterocycles. The number of carbonyl (C=O) groups is 1. The third kappa shape index (κ3) is 3.66. The number of aryl methyl sites for hydroxylation is 2. The predicted octanol–water partition coefficient (Wildman–Crippen LogP) is 2.50. The Kier molecular flexibility index (Phi) is 5.43. The van der Waals surface area contributed by atoms with Gasteiger partial charge in [-0.1, -0.05) is 18.2 Å². The Morgan fingerprint density at radius 3 is 2.81 bits per heavy atom. The first-order valence-electron chi connectivity index (χ1n) is 8.22. The van der Waals surface area contributed by atoms with Crippen LogP contribution in [0.15, 0.2) is 29.1 Å². The number of halogens is 1. The molecule has 6 nitrogen and oxygen atoms in total. The summed E-state index contributed by atoms with van der Waals surface area (Å²) in [6.45, 7) is 0.501. The summed E-state index contributed by atoms with van der Waals surface area (Å²) in [5, 5.41) is 9.37. The van der Waals surface area contributed by atoms with Crippen molar-refractivity contribution < 1.29 is 14.3 Å². The van der Waals surface area contributed by atoms with Gasteiger partial charge in [0, 0.05) is 4.88 Å². The van der Waals surface area contributed by atoms with Gasteiger partial charge in [-0.15, -0.1) is 11.3 Å². The van der Waals surface area contributed by atoms with Crippen LogP contribution in [0, 0.1) is 5.82 Å². The van der Waals surface area contributed by atoms with Crippen LogP contribution >= 0.6 is 11.3 Å². The van der Waals surface area contributed by atoms with Crippen LogP contribution in [0.4, 0.5) is 4.39 Å². The number of aromatic carboxylic acids is 1. The van der Waals surface area contributed by atoms with Crippen molar-refractivity contribution >= 4 is 27.5 Å². The van der Waals surface area contributed by atoms with Gasteiger partial charge in [0.15, 0.2) is 0 Å². The maximum absolute atomic E-state index is 12.7. The van der Waals surface area contributed by atoms with Crippen LogP contribution < -0.4 is 11.3 Å². The third-order valence-corrected chi connectivity index (χ3v) is 5.33. The molecule has 0 saturated carbocycles. The number of carboxylic acid groups (broad SMARTS) is 1. The van der Waals surface area contributed by atoms with Crippen molar-refractivity contribution in [1.82, 2.24) is 9.97 Å². The second kappa shape index (κ2) is 7.76. The van der Waals surface area contributed by atoms with Gasteiger partial charge in [0.25, 0.3) is 5.56 Å². The molecule has 0 saturated heterocycles. The summed E-state index contributed by atoms with van der Waals surface area (Å²) >= 11 is 1.44. The number of hydrogen-bond donors (Lipinski definition) is 3. The van der Waals surface area contributed by atoms with Crippen LogP contribution in [0.2, 0.25) is 0 Å². The SMILES string of the molecule is NCCc1ccccc1F.O=C(O)c1nc2sc3c(c2c(=O)[nH]1)CCC3. The largest absolute Gasteiger partial charge is 0.475 e. The number of aromatic nitrogens is 2. The minimum Gasteiger partial charge on any atom is -0.475 e. The first kappa shape index (κ1) is 18.2. The number of nitrogens with two attached hydrogens (primary N) is 1. The Bertz CT molecular complexity index is 1010. The van der Waals surface area contributed by atoms with Crippen molar-refractivity contribution in [3.05, 3.63) is 62.3 Å². The molecule has 136 valence electrons. The molecule has 0 radical (unpaired) electrons. The minimum atomic E-state index is -1.20. The molecule has 2 heterocycles. The zero-order valence-electron chi connectivity index (χ0n) is 13.9. The molecule has 0 bridgehead atoms. The lowest BCUT2D eigenvalue weighted by Gasteiger charge is -1.97. The fraction of sp³-hybridized carbons (Fsp3) is 0.278. The normalized spacial score (nSPS) is 12.5. The van der Waals surface area contributed by atoms with Crippen molar-refractivity contribution in [3.8, 4) is 0 Å². The molecule has 4 rings (SSSR count). The Hall–Kier alpha value is -2.58. The highest BCUT2D eigenvalue weighted by Crippen LogP contribution is 2.34. The van der Waals surface area contributed by atoms with Crippen molar-refractivity contribution in [2.45, 2.75) is 25.7 Å². The minimum absolute atomic E-state index is 0.159. The molecular weight excluding hydrogens is 357 g/mol. The fourth-order valence-corrected chi connectivity index (χ4v) is 4.22. The fourth-order valence-electron chi connectivity index (χ4n) is 2.96. The highest BCUT2D eigenvalue weighted by atomic mass is 32.1. The summed E-state index contributed by atoms with van der Waals surface area (Å²) in [4.78, 5) is 30.5. The number of nitrogens with zero attached hydrogens (tertiary/aromatic N) is 1. The number of benzene rings is 1. The standard InChI is InChI=1S/C10H8N2O3S.C8H10FN/c13-8-6-4-2-1-3-5(4)16-9(6)12-7(11-8)10(14)15;9-8-4-2-1-3-7(8)5-6-10/h1-3H2,(H,14,15)(H,11,12,13);1-4H,5-6,10H2. The summed E-state index contributed by atoms with van der Waals surface area (Å²) in [7, 11) is 0. The molecule has 1 aliphatic carbocycles. The predicted molar refractivity (Wildman–Crippen MR) is 98.4 cm³/mol. The molecule has 0 unspecified atom stereocenters. The number of fused-ring (bicyclic) bond motifs is 3. The molecule has 0 atom stereocenters. The first-order chi connectivity index (χ1) is 12.5. The quantitative estimate of drug-likeness (QED) is 0.652. The van der Waals surface area contributed by atoms with Gasteiger partial charge < -0.3 is 15.8 Å². The summed E-state index contributed by atoms with van der Waals surface area (Å²) in [5.41, 5.74) is 6.69. The lowest BCUT2D eigenvalue weighted by molar-refractivity contribution is 0.0683. The van der Waals surface area contributed by atoms with E-state index in [2.05, 4.69) is 9.97 Å². The molecule has 3 aromatic rings. The smallest absolute Gasteiger partial charge is 0.372 e.